The van der Waals surface area contributed by atoms with Gasteiger partial charge in [0, 0.05) is 0 Å². The first kappa shape index (κ1) is 12.5. The van der Waals surface area contributed by atoms with E-state index in [1.807, 2.05) is 6.07 Å². The maximum atomic E-state index is 9.67. The highest BCUT2D eigenvalue weighted by atomic mass is 19.4. The Morgan fingerprint density at radius 3 is 1.93 bits per heavy atom. The van der Waals surface area contributed by atoms with E-state index in [1.165, 1.54) is 0 Å². The van der Waals surface area contributed by atoms with Crippen molar-refractivity contribution >= 4 is 7.54 Å². The van der Waals surface area contributed by atoms with Crippen LogP contribution in [0.4, 0.5) is 12.9 Å². The van der Waals surface area contributed by atoms with Crippen LogP contribution >= 0.6 is 0 Å². The number of benzene rings is 1. The molecule has 0 bridgehead atoms. The first-order chi connectivity index (χ1) is 6.60. The van der Waals surface area contributed by atoms with Crippen LogP contribution in [0.1, 0.15) is 11.1 Å². The van der Waals surface area contributed by atoms with Crippen molar-refractivity contribution in [3.05, 3.63) is 35.4 Å². The van der Waals surface area contributed by atoms with Crippen molar-refractivity contribution < 1.29 is 18.1 Å². The van der Waals surface area contributed by atoms with E-state index in [9.17, 15) is 12.9 Å². The van der Waals surface area contributed by atoms with Crippen LogP contribution in [0.2, 0.25) is 0 Å². The number of halogens is 3. The molecule has 1 rings (SSSR count). The van der Waals surface area contributed by atoms with E-state index in [2.05, 4.69) is 0 Å². The zero-order chi connectivity index (χ0) is 11.0. The summed E-state index contributed by atoms with van der Waals surface area (Å²) in [6, 6.07) is 8.84. The molecule has 0 aliphatic rings. The van der Waals surface area contributed by atoms with E-state index >= 15 is 0 Å². The summed E-state index contributed by atoms with van der Waals surface area (Å²) in [4.78, 5) is 0. The third-order valence-electron chi connectivity index (χ3n) is 1.27. The minimum atomic E-state index is -3.67. The predicted octanol–water partition coefficient (Wildman–Crippen LogP) is 1.93. The molecule has 2 nitrogen and oxygen atoms in total. The summed E-state index contributed by atoms with van der Waals surface area (Å²) in [7, 11) is -3.67. The maximum absolute atomic E-state index is 9.67. The third-order valence-corrected chi connectivity index (χ3v) is 1.27. The van der Waals surface area contributed by atoms with Crippen LogP contribution in [0.25, 0.3) is 0 Å². The fourth-order valence-electron chi connectivity index (χ4n) is 0.685. The first-order valence-corrected chi connectivity index (χ1v) is 3.62. The predicted molar refractivity (Wildman–Crippen MR) is 46.2 cm³/mol. The summed E-state index contributed by atoms with van der Waals surface area (Å²) in [6.45, 7) is 0.0334. The van der Waals surface area contributed by atoms with Gasteiger partial charge in [0.2, 0.25) is 0 Å². The van der Waals surface area contributed by atoms with Gasteiger partial charge >= 0.3 is 7.54 Å². The lowest BCUT2D eigenvalue weighted by Gasteiger charge is -1.92. The Kier molecular flexibility index (Phi) is 6.24. The van der Waals surface area contributed by atoms with Crippen molar-refractivity contribution in [3.8, 4) is 6.07 Å². The van der Waals surface area contributed by atoms with Gasteiger partial charge < -0.3 is 5.11 Å². The average Bonchev–Trinajstić information content (AvgIpc) is 2.17. The molecule has 0 saturated carbocycles. The molecule has 0 heterocycles. The molecule has 1 aromatic carbocycles. The Morgan fingerprint density at radius 1 is 1.21 bits per heavy atom. The van der Waals surface area contributed by atoms with Gasteiger partial charge in [0.25, 0.3) is 0 Å². The molecule has 0 aromatic heterocycles. The molecule has 0 amide bonds. The SMILES string of the molecule is FB(F)F.N#Cc1ccc(CO)cc1. The van der Waals surface area contributed by atoms with Crippen molar-refractivity contribution in [1.82, 2.24) is 0 Å². The lowest BCUT2D eigenvalue weighted by Crippen LogP contribution is -1.81. The van der Waals surface area contributed by atoms with Gasteiger partial charge in [0.05, 0.1) is 18.2 Å². The third kappa shape index (κ3) is 6.09. The summed E-state index contributed by atoms with van der Waals surface area (Å²) in [5, 5.41) is 17.0. The molecule has 0 radical (unpaired) electrons. The molecule has 6 heteroatoms. The summed E-state index contributed by atoms with van der Waals surface area (Å²) in [5.41, 5.74) is 1.45. The molecule has 0 aliphatic heterocycles. The first-order valence-electron chi connectivity index (χ1n) is 3.62. The zero-order valence-corrected chi connectivity index (χ0v) is 7.12. The summed E-state index contributed by atoms with van der Waals surface area (Å²) < 4.78 is 29.0. The van der Waals surface area contributed by atoms with Crippen LogP contribution in [0.3, 0.4) is 0 Å². The number of hydrogen-bond acceptors (Lipinski definition) is 2. The Hall–Kier alpha value is -1.48. The van der Waals surface area contributed by atoms with Gasteiger partial charge in [-0.25, -0.2) is 0 Å². The number of aliphatic hydroxyl groups is 1. The molecular weight excluding hydrogens is 194 g/mol. The van der Waals surface area contributed by atoms with Gasteiger partial charge in [-0.3, -0.25) is 12.9 Å². The van der Waals surface area contributed by atoms with Gasteiger partial charge in [-0.1, -0.05) is 12.1 Å². The standard InChI is InChI=1S/C8H7NO.BF3/c9-5-7-1-3-8(6-10)4-2-7;2-1(3)4/h1-4,10H,6H2;. The second kappa shape index (κ2) is 6.98. The summed E-state index contributed by atoms with van der Waals surface area (Å²) in [6.07, 6.45) is 0. The van der Waals surface area contributed by atoms with Crippen LogP contribution < -0.4 is 0 Å². The Labute approximate surface area is 79.8 Å². The zero-order valence-electron chi connectivity index (χ0n) is 7.12. The lowest BCUT2D eigenvalue weighted by atomic mass is 10.2. The largest absolute Gasteiger partial charge is 0.762 e. The van der Waals surface area contributed by atoms with Gasteiger partial charge in [-0.15, -0.1) is 0 Å². The molecule has 0 unspecified atom stereocenters. The highest BCUT2D eigenvalue weighted by molar-refractivity contribution is 6.33. The van der Waals surface area contributed by atoms with Crippen molar-refractivity contribution in [1.29, 1.82) is 5.26 Å². The normalized spacial score (nSPS) is 8.21. The minimum Gasteiger partial charge on any atom is -0.392 e. The van der Waals surface area contributed by atoms with Gasteiger partial charge in [-0.05, 0) is 17.7 Å². The molecule has 1 N–H and O–H groups in total. The number of nitriles is 1. The smallest absolute Gasteiger partial charge is 0.392 e. The lowest BCUT2D eigenvalue weighted by molar-refractivity contribution is 0.282. The van der Waals surface area contributed by atoms with E-state index < -0.39 is 7.54 Å². The van der Waals surface area contributed by atoms with E-state index in [0.717, 1.165) is 5.56 Å². The monoisotopic (exact) mass is 201 g/mol. The molecule has 0 atom stereocenters. The Bertz CT molecular complexity index is 294. The molecular formula is C8H7BF3NO. The average molecular weight is 201 g/mol. The molecule has 1 aromatic rings. The molecule has 0 spiro atoms. The van der Waals surface area contributed by atoms with E-state index in [4.69, 9.17) is 10.4 Å². The van der Waals surface area contributed by atoms with E-state index in [1.54, 1.807) is 24.3 Å². The van der Waals surface area contributed by atoms with Crippen molar-refractivity contribution in [3.63, 3.8) is 0 Å². The van der Waals surface area contributed by atoms with Crippen LogP contribution in [0, 0.1) is 11.3 Å². The molecule has 74 valence electrons. The maximum Gasteiger partial charge on any atom is 0.762 e. The van der Waals surface area contributed by atoms with Crippen LogP contribution in [-0.4, -0.2) is 12.7 Å². The number of hydrogen-bond donors (Lipinski definition) is 1. The van der Waals surface area contributed by atoms with E-state index in [-0.39, 0.29) is 6.61 Å². The second-order valence-corrected chi connectivity index (χ2v) is 2.21. The molecule has 14 heavy (non-hydrogen) atoms. The second-order valence-electron chi connectivity index (χ2n) is 2.21. The summed E-state index contributed by atoms with van der Waals surface area (Å²) in [5.74, 6) is 0. The Morgan fingerprint density at radius 2 is 1.64 bits per heavy atom. The van der Waals surface area contributed by atoms with E-state index in [0.29, 0.717) is 5.56 Å². The van der Waals surface area contributed by atoms with Crippen LogP contribution in [0.5, 0.6) is 0 Å². The highest BCUT2D eigenvalue weighted by Gasteiger charge is 2.06. The minimum absolute atomic E-state index is 0.0334. The van der Waals surface area contributed by atoms with Gasteiger partial charge in [0.1, 0.15) is 0 Å². The molecule has 0 saturated heterocycles. The van der Waals surface area contributed by atoms with Crippen molar-refractivity contribution in [2.75, 3.05) is 0 Å². The fourth-order valence-corrected chi connectivity index (χ4v) is 0.685. The van der Waals surface area contributed by atoms with Crippen molar-refractivity contribution in [2.24, 2.45) is 0 Å². The molecule has 0 fully saturated rings. The fraction of sp³-hybridized carbons (Fsp3) is 0.125. The highest BCUT2D eigenvalue weighted by Crippen LogP contribution is 2.01. The van der Waals surface area contributed by atoms with Crippen LogP contribution in [0.15, 0.2) is 24.3 Å². The topological polar surface area (TPSA) is 44.0 Å². The molecule has 0 aliphatic carbocycles. The number of nitrogens with zero attached hydrogens (tertiary/aromatic N) is 1. The van der Waals surface area contributed by atoms with Gasteiger partial charge in [-0.2, -0.15) is 5.26 Å². The Balaban J connectivity index is 0.000000364. The van der Waals surface area contributed by atoms with Crippen molar-refractivity contribution in [2.45, 2.75) is 6.61 Å². The van der Waals surface area contributed by atoms with Gasteiger partial charge in [0.15, 0.2) is 0 Å². The quantitative estimate of drug-likeness (QED) is 0.705. The summed E-state index contributed by atoms with van der Waals surface area (Å²) >= 11 is 0. The number of rotatable bonds is 1. The number of aliphatic hydroxyl groups excluding tert-OH is 1. The van der Waals surface area contributed by atoms with Crippen LogP contribution in [-0.2, 0) is 6.61 Å².